The largest absolute Gasteiger partial charge is 0.376 e. The van der Waals surface area contributed by atoms with E-state index in [4.69, 9.17) is 4.74 Å². The number of fused-ring (bicyclic) bond motifs is 3. The Hall–Kier alpha value is -0.570. The summed E-state index contributed by atoms with van der Waals surface area (Å²) >= 11 is 0. The first-order valence-electron chi connectivity index (χ1n) is 5.61. The minimum absolute atomic E-state index is 0. The molecule has 3 heteroatoms. The number of rotatable bonds is 1. The maximum atomic E-state index is 5.67. The molecule has 2 aliphatic rings. The van der Waals surface area contributed by atoms with Crippen molar-refractivity contribution in [1.29, 1.82) is 0 Å². The minimum atomic E-state index is 0. The van der Waals surface area contributed by atoms with Gasteiger partial charge in [-0.25, -0.2) is 0 Å². The molecule has 0 radical (unpaired) electrons. The van der Waals surface area contributed by atoms with Crippen LogP contribution < -0.4 is 0 Å². The molecule has 3 rings (SSSR count). The summed E-state index contributed by atoms with van der Waals surface area (Å²) in [6.07, 6.45) is 0.316. The van der Waals surface area contributed by atoms with E-state index in [2.05, 4.69) is 36.2 Å². The molecule has 0 bridgehead atoms. The molecule has 3 atom stereocenters. The summed E-state index contributed by atoms with van der Waals surface area (Å²) in [5.74, 6) is 1.36. The Morgan fingerprint density at radius 3 is 2.56 bits per heavy atom. The predicted molar refractivity (Wildman–Crippen MR) is 67.2 cm³/mol. The molecule has 1 aromatic rings. The van der Waals surface area contributed by atoms with Crippen LogP contribution in [0.3, 0.4) is 0 Å². The van der Waals surface area contributed by atoms with Gasteiger partial charge in [0.1, 0.15) is 0 Å². The molecule has 1 fully saturated rings. The molecule has 0 spiro atoms. The molecule has 2 nitrogen and oxygen atoms in total. The van der Waals surface area contributed by atoms with Crippen LogP contribution in [0.1, 0.15) is 23.1 Å². The Balaban J connectivity index is 0.000000963. The maximum absolute atomic E-state index is 5.67. The van der Waals surface area contributed by atoms with Gasteiger partial charge in [-0.3, -0.25) is 0 Å². The molecule has 88 valence electrons. The Bertz CT molecular complexity index is 380. The van der Waals surface area contributed by atoms with E-state index in [1.54, 1.807) is 0 Å². The molecular formula is C13H18ClNO. The van der Waals surface area contributed by atoms with Gasteiger partial charge in [0.25, 0.3) is 0 Å². The summed E-state index contributed by atoms with van der Waals surface area (Å²) in [6.45, 7) is 2.35. The van der Waals surface area contributed by atoms with Gasteiger partial charge in [-0.2, -0.15) is 0 Å². The van der Waals surface area contributed by atoms with E-state index in [0.717, 1.165) is 6.54 Å². The number of hydrogen-bond donors (Lipinski definition) is 0. The second-order valence-corrected chi connectivity index (χ2v) is 4.78. The van der Waals surface area contributed by atoms with E-state index < -0.39 is 0 Å². The van der Waals surface area contributed by atoms with E-state index >= 15 is 0 Å². The van der Waals surface area contributed by atoms with Crippen molar-refractivity contribution >= 4 is 12.4 Å². The number of likely N-dealkylation sites (tertiary alicyclic amines) is 1. The number of ether oxygens (including phenoxy) is 1. The normalized spacial score (nSPS) is 32.0. The van der Waals surface area contributed by atoms with Crippen molar-refractivity contribution in [3.8, 4) is 0 Å². The fourth-order valence-corrected chi connectivity index (χ4v) is 3.31. The topological polar surface area (TPSA) is 12.5 Å². The smallest absolute Gasteiger partial charge is 0.0870 e. The Morgan fingerprint density at radius 2 is 1.88 bits per heavy atom. The highest BCUT2D eigenvalue weighted by molar-refractivity contribution is 5.85. The average molecular weight is 240 g/mol. The van der Waals surface area contributed by atoms with E-state index in [-0.39, 0.29) is 12.4 Å². The molecule has 0 amide bonds. The van der Waals surface area contributed by atoms with Gasteiger partial charge in [0, 0.05) is 32.0 Å². The van der Waals surface area contributed by atoms with Crippen LogP contribution >= 0.6 is 12.4 Å². The zero-order valence-corrected chi connectivity index (χ0v) is 10.5. The third kappa shape index (κ3) is 1.56. The number of benzene rings is 1. The SMILES string of the molecule is COC1c2ccccc2C2CN(C)CC21.Cl. The molecule has 1 aromatic carbocycles. The Morgan fingerprint density at radius 1 is 1.19 bits per heavy atom. The minimum Gasteiger partial charge on any atom is -0.376 e. The molecule has 1 aliphatic carbocycles. The molecule has 0 N–H and O–H groups in total. The van der Waals surface area contributed by atoms with Gasteiger partial charge < -0.3 is 9.64 Å². The lowest BCUT2D eigenvalue weighted by molar-refractivity contribution is 0.0614. The number of methoxy groups -OCH3 is 1. The monoisotopic (exact) mass is 239 g/mol. The third-order valence-electron chi connectivity index (χ3n) is 3.89. The molecule has 3 unspecified atom stereocenters. The van der Waals surface area contributed by atoms with Crippen molar-refractivity contribution in [2.45, 2.75) is 12.0 Å². The number of hydrogen-bond acceptors (Lipinski definition) is 2. The molecule has 0 saturated carbocycles. The van der Waals surface area contributed by atoms with Crippen molar-refractivity contribution in [3.63, 3.8) is 0 Å². The van der Waals surface area contributed by atoms with Crippen LogP contribution in [0.4, 0.5) is 0 Å². The van der Waals surface area contributed by atoms with Gasteiger partial charge in [0.05, 0.1) is 6.10 Å². The first kappa shape index (κ1) is 11.9. The predicted octanol–water partition coefficient (Wildman–Crippen LogP) is 2.45. The van der Waals surface area contributed by atoms with Crippen molar-refractivity contribution in [1.82, 2.24) is 4.90 Å². The fourth-order valence-electron chi connectivity index (χ4n) is 3.31. The van der Waals surface area contributed by atoms with Crippen LogP contribution in [-0.4, -0.2) is 32.1 Å². The summed E-state index contributed by atoms with van der Waals surface area (Å²) in [6, 6.07) is 8.76. The molecule has 16 heavy (non-hydrogen) atoms. The summed E-state index contributed by atoms with van der Waals surface area (Å²) < 4.78 is 5.67. The number of likely N-dealkylation sites (N-methyl/N-ethyl adjacent to an activating group) is 1. The van der Waals surface area contributed by atoms with Crippen LogP contribution in [0.15, 0.2) is 24.3 Å². The highest BCUT2D eigenvalue weighted by Crippen LogP contribution is 2.50. The first-order chi connectivity index (χ1) is 7.31. The van der Waals surface area contributed by atoms with Crippen molar-refractivity contribution < 1.29 is 4.74 Å². The quantitative estimate of drug-likeness (QED) is 0.747. The van der Waals surface area contributed by atoms with Gasteiger partial charge in [-0.1, -0.05) is 24.3 Å². The second-order valence-electron chi connectivity index (χ2n) is 4.78. The summed E-state index contributed by atoms with van der Waals surface area (Å²) in [7, 11) is 4.04. The zero-order chi connectivity index (χ0) is 10.4. The third-order valence-corrected chi connectivity index (χ3v) is 3.89. The molecule has 1 heterocycles. The zero-order valence-electron chi connectivity index (χ0n) is 9.72. The summed E-state index contributed by atoms with van der Waals surface area (Å²) in [5.41, 5.74) is 2.93. The average Bonchev–Trinajstić information content (AvgIpc) is 2.73. The van der Waals surface area contributed by atoms with Gasteiger partial charge in [-0.05, 0) is 18.2 Å². The first-order valence-corrected chi connectivity index (χ1v) is 5.61. The van der Waals surface area contributed by atoms with Crippen LogP contribution in [0.5, 0.6) is 0 Å². The van der Waals surface area contributed by atoms with E-state index in [9.17, 15) is 0 Å². The van der Waals surface area contributed by atoms with Crippen LogP contribution in [0.25, 0.3) is 0 Å². The lowest BCUT2D eigenvalue weighted by atomic mass is 9.96. The van der Waals surface area contributed by atoms with Gasteiger partial charge in [-0.15, -0.1) is 12.4 Å². The van der Waals surface area contributed by atoms with Crippen molar-refractivity contribution in [2.24, 2.45) is 5.92 Å². The molecule has 1 aliphatic heterocycles. The van der Waals surface area contributed by atoms with Crippen LogP contribution in [0.2, 0.25) is 0 Å². The van der Waals surface area contributed by atoms with E-state index in [1.807, 2.05) is 7.11 Å². The van der Waals surface area contributed by atoms with Crippen molar-refractivity contribution in [3.05, 3.63) is 35.4 Å². The second kappa shape index (κ2) is 4.36. The standard InChI is InChI=1S/C13H17NO.ClH/c1-14-7-11-9-5-3-4-6-10(9)13(15-2)12(11)8-14;/h3-6,11-13H,7-8H2,1-2H3;1H. The lowest BCUT2D eigenvalue weighted by Gasteiger charge is -2.18. The van der Waals surface area contributed by atoms with Crippen LogP contribution in [0, 0.1) is 5.92 Å². The summed E-state index contributed by atoms with van der Waals surface area (Å²) in [5, 5.41) is 0. The van der Waals surface area contributed by atoms with Crippen LogP contribution in [-0.2, 0) is 4.74 Å². The Kier molecular flexibility index (Phi) is 3.24. The lowest BCUT2D eigenvalue weighted by Crippen LogP contribution is -2.18. The number of nitrogens with zero attached hydrogens (tertiary/aromatic N) is 1. The van der Waals surface area contributed by atoms with Gasteiger partial charge >= 0.3 is 0 Å². The van der Waals surface area contributed by atoms with Gasteiger partial charge in [0.2, 0.25) is 0 Å². The highest BCUT2D eigenvalue weighted by Gasteiger charge is 2.45. The van der Waals surface area contributed by atoms with Gasteiger partial charge in [0.15, 0.2) is 0 Å². The maximum Gasteiger partial charge on any atom is 0.0870 e. The fraction of sp³-hybridized carbons (Fsp3) is 0.538. The molecular weight excluding hydrogens is 222 g/mol. The highest BCUT2D eigenvalue weighted by atomic mass is 35.5. The Labute approximate surface area is 103 Å². The molecule has 0 aromatic heterocycles. The van der Waals surface area contributed by atoms with Crippen molar-refractivity contribution in [2.75, 3.05) is 27.2 Å². The molecule has 1 saturated heterocycles. The summed E-state index contributed by atoms with van der Waals surface area (Å²) in [4.78, 5) is 2.41. The number of halogens is 1. The van der Waals surface area contributed by atoms with E-state index in [0.29, 0.717) is 17.9 Å². The van der Waals surface area contributed by atoms with E-state index in [1.165, 1.54) is 17.7 Å².